The number of carbonyl (C=O) groups is 2. The summed E-state index contributed by atoms with van der Waals surface area (Å²) in [5, 5.41) is 11.6. The van der Waals surface area contributed by atoms with E-state index in [1.54, 1.807) is 29.2 Å². The van der Waals surface area contributed by atoms with E-state index in [1.165, 1.54) is 0 Å². The predicted octanol–water partition coefficient (Wildman–Crippen LogP) is 1.30. The highest BCUT2D eigenvalue weighted by Gasteiger charge is 2.17. The fourth-order valence-corrected chi connectivity index (χ4v) is 2.23. The first-order valence-electron chi connectivity index (χ1n) is 6.77. The highest BCUT2D eigenvalue weighted by Crippen LogP contribution is 2.09. The lowest BCUT2D eigenvalue weighted by Gasteiger charge is -2.26. The molecule has 20 heavy (non-hydrogen) atoms. The van der Waals surface area contributed by atoms with Gasteiger partial charge in [0.1, 0.15) is 0 Å². The summed E-state index contributed by atoms with van der Waals surface area (Å²) in [5.74, 6) is -0.0523. The van der Waals surface area contributed by atoms with Crippen molar-refractivity contribution in [3.05, 3.63) is 35.4 Å². The van der Waals surface area contributed by atoms with Crippen LogP contribution in [0.3, 0.4) is 0 Å². The molecule has 1 heterocycles. The van der Waals surface area contributed by atoms with Crippen LogP contribution in [-0.2, 0) is 4.79 Å². The SMILES string of the molecule is N#Cc1cccc(C(=O)NCCN2CCCCC2=O)c1. The molecule has 1 aliphatic rings. The lowest BCUT2D eigenvalue weighted by molar-refractivity contribution is -0.133. The number of likely N-dealkylation sites (tertiary alicyclic amines) is 1. The van der Waals surface area contributed by atoms with Crippen molar-refractivity contribution in [2.24, 2.45) is 0 Å². The van der Waals surface area contributed by atoms with E-state index >= 15 is 0 Å². The number of benzene rings is 1. The Morgan fingerprint density at radius 1 is 1.40 bits per heavy atom. The van der Waals surface area contributed by atoms with Crippen LogP contribution < -0.4 is 5.32 Å². The van der Waals surface area contributed by atoms with Gasteiger partial charge < -0.3 is 10.2 Å². The first kappa shape index (κ1) is 14.1. The normalized spacial score (nSPS) is 14.8. The number of nitrogens with zero attached hydrogens (tertiary/aromatic N) is 2. The number of rotatable bonds is 4. The zero-order valence-corrected chi connectivity index (χ0v) is 11.3. The minimum absolute atomic E-state index is 0.164. The van der Waals surface area contributed by atoms with Gasteiger partial charge in [-0.15, -0.1) is 0 Å². The van der Waals surface area contributed by atoms with E-state index in [0.29, 0.717) is 30.6 Å². The Kier molecular flexibility index (Phi) is 4.72. The van der Waals surface area contributed by atoms with E-state index in [2.05, 4.69) is 5.32 Å². The molecule has 0 saturated carbocycles. The smallest absolute Gasteiger partial charge is 0.251 e. The molecule has 1 N–H and O–H groups in total. The lowest BCUT2D eigenvalue weighted by Crippen LogP contribution is -2.41. The summed E-state index contributed by atoms with van der Waals surface area (Å²) in [4.78, 5) is 25.3. The molecule has 0 radical (unpaired) electrons. The fourth-order valence-electron chi connectivity index (χ4n) is 2.23. The average Bonchev–Trinajstić information content (AvgIpc) is 2.49. The number of nitriles is 1. The monoisotopic (exact) mass is 271 g/mol. The van der Waals surface area contributed by atoms with E-state index in [-0.39, 0.29) is 11.8 Å². The molecule has 0 atom stereocenters. The Morgan fingerprint density at radius 3 is 3.00 bits per heavy atom. The maximum atomic E-state index is 11.9. The molecule has 2 amide bonds. The van der Waals surface area contributed by atoms with Crippen molar-refractivity contribution in [1.29, 1.82) is 5.26 Å². The van der Waals surface area contributed by atoms with E-state index in [0.717, 1.165) is 19.4 Å². The summed E-state index contributed by atoms with van der Waals surface area (Å²) in [6.45, 7) is 1.75. The average molecular weight is 271 g/mol. The van der Waals surface area contributed by atoms with Crippen molar-refractivity contribution in [3.63, 3.8) is 0 Å². The Hall–Kier alpha value is -2.35. The van der Waals surface area contributed by atoms with E-state index < -0.39 is 0 Å². The Bertz CT molecular complexity index is 548. The third-order valence-electron chi connectivity index (χ3n) is 3.34. The zero-order valence-electron chi connectivity index (χ0n) is 11.3. The molecule has 0 bridgehead atoms. The van der Waals surface area contributed by atoms with Gasteiger partial charge >= 0.3 is 0 Å². The van der Waals surface area contributed by atoms with Crippen LogP contribution in [0.15, 0.2) is 24.3 Å². The van der Waals surface area contributed by atoms with Crippen molar-refractivity contribution in [3.8, 4) is 6.07 Å². The summed E-state index contributed by atoms with van der Waals surface area (Å²) in [6, 6.07) is 8.57. The molecule has 0 aromatic heterocycles. The quantitative estimate of drug-likeness (QED) is 0.897. The van der Waals surface area contributed by atoms with E-state index in [4.69, 9.17) is 5.26 Å². The molecule has 0 unspecified atom stereocenters. The number of hydrogen-bond donors (Lipinski definition) is 1. The van der Waals surface area contributed by atoms with Crippen LogP contribution in [0.4, 0.5) is 0 Å². The molecular weight excluding hydrogens is 254 g/mol. The van der Waals surface area contributed by atoms with Gasteiger partial charge in [0.05, 0.1) is 11.6 Å². The summed E-state index contributed by atoms with van der Waals surface area (Å²) in [7, 11) is 0. The molecule has 104 valence electrons. The standard InChI is InChI=1S/C15H17N3O2/c16-11-12-4-3-5-13(10-12)15(20)17-7-9-18-8-2-1-6-14(18)19/h3-5,10H,1-2,6-9H2,(H,17,20). The van der Waals surface area contributed by atoms with Crippen LogP contribution in [0, 0.1) is 11.3 Å². The van der Waals surface area contributed by atoms with Crippen molar-refractivity contribution >= 4 is 11.8 Å². The summed E-state index contributed by atoms with van der Waals surface area (Å²) < 4.78 is 0. The number of hydrogen-bond acceptors (Lipinski definition) is 3. The number of carbonyl (C=O) groups excluding carboxylic acids is 2. The molecular formula is C15H17N3O2. The first-order chi connectivity index (χ1) is 9.70. The van der Waals surface area contributed by atoms with E-state index in [9.17, 15) is 9.59 Å². The second kappa shape index (κ2) is 6.71. The van der Waals surface area contributed by atoms with Crippen LogP contribution in [0.5, 0.6) is 0 Å². The van der Waals surface area contributed by atoms with Crippen LogP contribution in [0.2, 0.25) is 0 Å². The number of amides is 2. The summed E-state index contributed by atoms with van der Waals surface area (Å²) in [5.41, 5.74) is 0.929. The third-order valence-corrected chi connectivity index (χ3v) is 3.34. The van der Waals surface area contributed by atoms with Crippen LogP contribution >= 0.6 is 0 Å². The molecule has 1 aliphatic heterocycles. The Morgan fingerprint density at radius 2 is 2.25 bits per heavy atom. The second-order valence-corrected chi connectivity index (χ2v) is 4.79. The van der Waals surface area contributed by atoms with Gasteiger partial charge in [-0.1, -0.05) is 6.07 Å². The van der Waals surface area contributed by atoms with Gasteiger partial charge in [0, 0.05) is 31.6 Å². The second-order valence-electron chi connectivity index (χ2n) is 4.79. The van der Waals surface area contributed by atoms with Gasteiger partial charge in [-0.3, -0.25) is 9.59 Å². The third kappa shape index (κ3) is 3.58. The summed E-state index contributed by atoms with van der Waals surface area (Å²) >= 11 is 0. The highest BCUT2D eigenvalue weighted by molar-refractivity contribution is 5.94. The van der Waals surface area contributed by atoms with Crippen molar-refractivity contribution in [1.82, 2.24) is 10.2 Å². The maximum absolute atomic E-state index is 11.9. The molecule has 5 heteroatoms. The number of piperidine rings is 1. The van der Waals surface area contributed by atoms with Gasteiger partial charge in [0.2, 0.25) is 5.91 Å². The summed E-state index contributed by atoms with van der Waals surface area (Å²) in [6.07, 6.45) is 2.60. The predicted molar refractivity (Wildman–Crippen MR) is 73.9 cm³/mol. The molecule has 0 spiro atoms. The van der Waals surface area contributed by atoms with Gasteiger partial charge in [0.15, 0.2) is 0 Å². The van der Waals surface area contributed by atoms with Crippen molar-refractivity contribution in [2.75, 3.05) is 19.6 Å². The Labute approximate surface area is 118 Å². The minimum atomic E-state index is -0.216. The van der Waals surface area contributed by atoms with Gasteiger partial charge in [-0.2, -0.15) is 5.26 Å². The molecule has 1 saturated heterocycles. The van der Waals surface area contributed by atoms with Gasteiger partial charge in [-0.05, 0) is 31.0 Å². The van der Waals surface area contributed by atoms with Gasteiger partial charge in [0.25, 0.3) is 5.91 Å². The molecule has 0 aliphatic carbocycles. The van der Waals surface area contributed by atoms with Gasteiger partial charge in [-0.25, -0.2) is 0 Å². The molecule has 2 rings (SSSR count). The maximum Gasteiger partial charge on any atom is 0.251 e. The van der Waals surface area contributed by atoms with E-state index in [1.807, 2.05) is 6.07 Å². The zero-order chi connectivity index (χ0) is 14.4. The first-order valence-corrected chi connectivity index (χ1v) is 6.77. The largest absolute Gasteiger partial charge is 0.350 e. The molecule has 1 aromatic carbocycles. The minimum Gasteiger partial charge on any atom is -0.350 e. The van der Waals surface area contributed by atoms with Crippen molar-refractivity contribution < 1.29 is 9.59 Å². The Balaban J connectivity index is 1.83. The molecule has 1 fully saturated rings. The highest BCUT2D eigenvalue weighted by atomic mass is 16.2. The van der Waals surface area contributed by atoms with Crippen LogP contribution in [-0.4, -0.2) is 36.3 Å². The van der Waals surface area contributed by atoms with Crippen molar-refractivity contribution in [2.45, 2.75) is 19.3 Å². The number of nitrogens with one attached hydrogen (secondary N) is 1. The van der Waals surface area contributed by atoms with Crippen LogP contribution in [0.1, 0.15) is 35.2 Å². The van der Waals surface area contributed by atoms with Crippen LogP contribution in [0.25, 0.3) is 0 Å². The lowest BCUT2D eigenvalue weighted by atomic mass is 10.1. The topological polar surface area (TPSA) is 73.2 Å². The fraction of sp³-hybridized carbons (Fsp3) is 0.400. The molecule has 5 nitrogen and oxygen atoms in total. The molecule has 1 aromatic rings.